The molecule has 3 aromatic carbocycles. The molecule has 1 N–H and O–H groups in total. The number of aromatic hydroxyl groups is 1. The lowest BCUT2D eigenvalue weighted by Gasteiger charge is -2.29. The number of benzene rings is 3. The van der Waals surface area contributed by atoms with Gasteiger partial charge in [-0.1, -0.05) is 62.4 Å². The standard InChI is InChI=1S/C36H35N3O/c1-25(2)20-26-21-28(31-15-8-9-17-34(31)40)23-29(22-26)33-24-27-12-6-7-16-32(27)36(38-33)39(30-13-4-3-5-14-30)35-18-10-11-19-37-35/h3-5,8-11,13-15,17-19,21-25,40H,6-7,12,16,20H2,1-2H3. The number of rotatable bonds is 7. The Morgan fingerprint density at radius 1 is 0.800 bits per heavy atom. The molecule has 2 heterocycles. The van der Waals surface area contributed by atoms with Gasteiger partial charge in [-0.05, 0) is 109 Å². The van der Waals surface area contributed by atoms with Crippen molar-refractivity contribution in [3.05, 3.63) is 120 Å². The molecule has 1 aliphatic rings. The van der Waals surface area contributed by atoms with E-state index in [2.05, 4.69) is 73.3 Å². The number of hydrogen-bond acceptors (Lipinski definition) is 4. The number of aromatic nitrogens is 2. The highest BCUT2D eigenvalue weighted by Gasteiger charge is 2.24. The van der Waals surface area contributed by atoms with Gasteiger partial charge < -0.3 is 5.11 Å². The predicted molar refractivity (Wildman–Crippen MR) is 164 cm³/mol. The average molecular weight is 526 g/mol. The van der Waals surface area contributed by atoms with Gasteiger partial charge in [0.25, 0.3) is 0 Å². The molecule has 1 aliphatic carbocycles. The van der Waals surface area contributed by atoms with Crippen LogP contribution in [0.1, 0.15) is 43.4 Å². The molecule has 0 saturated carbocycles. The molecule has 4 nitrogen and oxygen atoms in total. The molecule has 0 bridgehead atoms. The van der Waals surface area contributed by atoms with Crippen LogP contribution in [0.15, 0.2) is 103 Å². The molecule has 2 aromatic heterocycles. The molecule has 5 aromatic rings. The van der Waals surface area contributed by atoms with Gasteiger partial charge in [-0.2, -0.15) is 0 Å². The first kappa shape index (κ1) is 25.8. The van der Waals surface area contributed by atoms with Crippen molar-refractivity contribution < 1.29 is 5.11 Å². The quantitative estimate of drug-likeness (QED) is 0.230. The number of hydrogen-bond donors (Lipinski definition) is 1. The summed E-state index contributed by atoms with van der Waals surface area (Å²) in [5.74, 6) is 2.61. The fourth-order valence-corrected chi connectivity index (χ4v) is 5.78. The van der Waals surface area contributed by atoms with Crippen LogP contribution in [0.3, 0.4) is 0 Å². The third-order valence-corrected chi connectivity index (χ3v) is 7.57. The van der Waals surface area contributed by atoms with Gasteiger partial charge in [-0.3, -0.25) is 4.90 Å². The second kappa shape index (κ2) is 11.4. The molecule has 0 aliphatic heterocycles. The molecular formula is C36H35N3O. The van der Waals surface area contributed by atoms with Gasteiger partial charge in [-0.15, -0.1) is 0 Å². The molecular weight excluding hydrogens is 490 g/mol. The summed E-state index contributed by atoms with van der Waals surface area (Å²) < 4.78 is 0. The van der Waals surface area contributed by atoms with Crippen LogP contribution >= 0.6 is 0 Å². The van der Waals surface area contributed by atoms with E-state index in [-0.39, 0.29) is 0 Å². The normalized spacial score (nSPS) is 12.8. The van der Waals surface area contributed by atoms with E-state index in [4.69, 9.17) is 9.97 Å². The van der Waals surface area contributed by atoms with Crippen molar-refractivity contribution in [3.8, 4) is 28.1 Å². The van der Waals surface area contributed by atoms with Crippen LogP contribution in [0, 0.1) is 5.92 Å². The number of aryl methyl sites for hydroxylation is 1. The number of phenols is 1. The Morgan fingerprint density at radius 2 is 1.55 bits per heavy atom. The van der Waals surface area contributed by atoms with Crippen molar-refractivity contribution >= 4 is 17.3 Å². The van der Waals surface area contributed by atoms with Crippen molar-refractivity contribution in [2.75, 3.05) is 4.90 Å². The summed E-state index contributed by atoms with van der Waals surface area (Å²) in [4.78, 5) is 12.4. The number of para-hydroxylation sites is 2. The minimum Gasteiger partial charge on any atom is -0.507 e. The smallest absolute Gasteiger partial charge is 0.142 e. The third-order valence-electron chi connectivity index (χ3n) is 7.57. The maximum Gasteiger partial charge on any atom is 0.142 e. The third kappa shape index (κ3) is 5.35. The van der Waals surface area contributed by atoms with E-state index < -0.39 is 0 Å². The zero-order valence-electron chi connectivity index (χ0n) is 23.2. The first-order valence-corrected chi connectivity index (χ1v) is 14.3. The molecule has 4 heteroatoms. The van der Waals surface area contributed by atoms with E-state index in [0.717, 1.165) is 65.4 Å². The molecule has 6 rings (SSSR count). The number of fused-ring (bicyclic) bond motifs is 1. The van der Waals surface area contributed by atoms with Crippen LogP contribution in [0.4, 0.5) is 17.3 Å². The highest BCUT2D eigenvalue weighted by molar-refractivity contribution is 5.80. The van der Waals surface area contributed by atoms with Crippen LogP contribution in [-0.4, -0.2) is 15.1 Å². The second-order valence-corrected chi connectivity index (χ2v) is 11.1. The lowest BCUT2D eigenvalue weighted by molar-refractivity contribution is 0.477. The second-order valence-electron chi connectivity index (χ2n) is 11.1. The van der Waals surface area contributed by atoms with E-state index in [9.17, 15) is 5.11 Å². The fourth-order valence-electron chi connectivity index (χ4n) is 5.78. The lowest BCUT2D eigenvalue weighted by atomic mass is 9.89. The molecule has 0 amide bonds. The number of pyridine rings is 2. The zero-order valence-corrected chi connectivity index (χ0v) is 23.2. The zero-order chi connectivity index (χ0) is 27.5. The Labute approximate surface area is 237 Å². The summed E-state index contributed by atoms with van der Waals surface area (Å²) in [6, 6.07) is 33.0. The maximum atomic E-state index is 10.7. The number of anilines is 3. The van der Waals surface area contributed by atoms with E-state index in [0.29, 0.717) is 11.7 Å². The summed E-state index contributed by atoms with van der Waals surface area (Å²) >= 11 is 0. The molecule has 0 unspecified atom stereocenters. The van der Waals surface area contributed by atoms with Gasteiger partial charge >= 0.3 is 0 Å². The van der Waals surface area contributed by atoms with Gasteiger partial charge in [0.05, 0.1) is 5.69 Å². The summed E-state index contributed by atoms with van der Waals surface area (Å²) in [5.41, 5.74) is 8.84. The molecule has 0 spiro atoms. The predicted octanol–water partition coefficient (Wildman–Crippen LogP) is 9.06. The van der Waals surface area contributed by atoms with Crippen LogP contribution in [-0.2, 0) is 19.3 Å². The fraction of sp³-hybridized carbons (Fsp3) is 0.222. The highest BCUT2D eigenvalue weighted by atomic mass is 16.3. The summed E-state index contributed by atoms with van der Waals surface area (Å²) in [7, 11) is 0. The molecule has 0 atom stereocenters. The Bertz CT molecular complexity index is 1570. The average Bonchev–Trinajstić information content (AvgIpc) is 2.98. The molecule has 200 valence electrons. The minimum absolute atomic E-state index is 0.291. The summed E-state index contributed by atoms with van der Waals surface area (Å²) in [6.45, 7) is 4.48. The van der Waals surface area contributed by atoms with Crippen molar-refractivity contribution in [2.24, 2.45) is 5.92 Å². The summed E-state index contributed by atoms with van der Waals surface area (Å²) in [5, 5.41) is 10.7. The minimum atomic E-state index is 0.291. The molecule has 0 radical (unpaired) electrons. The maximum absolute atomic E-state index is 10.7. The van der Waals surface area contributed by atoms with Crippen molar-refractivity contribution in [2.45, 2.75) is 46.0 Å². The Hall–Kier alpha value is -4.44. The number of nitrogens with zero attached hydrogens (tertiary/aromatic N) is 3. The van der Waals surface area contributed by atoms with Crippen LogP contribution in [0.25, 0.3) is 22.4 Å². The van der Waals surface area contributed by atoms with Crippen LogP contribution < -0.4 is 4.90 Å². The van der Waals surface area contributed by atoms with E-state index in [1.807, 2.05) is 42.6 Å². The SMILES string of the molecule is CC(C)Cc1cc(-c2cc3c(c(N(c4ccccc4)c4ccccn4)n2)CCCC3)cc(-c2ccccc2O)c1. The van der Waals surface area contributed by atoms with E-state index in [1.165, 1.54) is 23.1 Å². The Morgan fingerprint density at radius 3 is 2.33 bits per heavy atom. The molecule has 40 heavy (non-hydrogen) atoms. The van der Waals surface area contributed by atoms with Crippen LogP contribution in [0.2, 0.25) is 0 Å². The molecule has 0 fully saturated rings. The van der Waals surface area contributed by atoms with Gasteiger partial charge in [0, 0.05) is 23.0 Å². The largest absolute Gasteiger partial charge is 0.507 e. The summed E-state index contributed by atoms with van der Waals surface area (Å²) in [6.07, 6.45) is 7.19. The first-order chi connectivity index (χ1) is 19.6. The van der Waals surface area contributed by atoms with Gasteiger partial charge in [0.2, 0.25) is 0 Å². The molecule has 0 saturated heterocycles. The monoisotopic (exact) mass is 525 g/mol. The van der Waals surface area contributed by atoms with Gasteiger partial charge in [-0.25, -0.2) is 9.97 Å². The van der Waals surface area contributed by atoms with E-state index in [1.54, 1.807) is 6.07 Å². The highest BCUT2D eigenvalue weighted by Crippen LogP contribution is 2.41. The Balaban J connectivity index is 1.57. The van der Waals surface area contributed by atoms with Gasteiger partial charge in [0.15, 0.2) is 0 Å². The van der Waals surface area contributed by atoms with Crippen LogP contribution in [0.5, 0.6) is 5.75 Å². The van der Waals surface area contributed by atoms with Crippen molar-refractivity contribution in [1.82, 2.24) is 9.97 Å². The van der Waals surface area contributed by atoms with Crippen molar-refractivity contribution in [1.29, 1.82) is 0 Å². The topological polar surface area (TPSA) is 49.2 Å². The Kier molecular flexibility index (Phi) is 7.33. The lowest BCUT2D eigenvalue weighted by Crippen LogP contribution is -2.18. The van der Waals surface area contributed by atoms with Gasteiger partial charge in [0.1, 0.15) is 17.4 Å². The number of phenolic OH excluding ortho intramolecular Hbond substituents is 1. The van der Waals surface area contributed by atoms with E-state index >= 15 is 0 Å². The van der Waals surface area contributed by atoms with Crippen molar-refractivity contribution in [3.63, 3.8) is 0 Å². The first-order valence-electron chi connectivity index (χ1n) is 14.3.